The summed E-state index contributed by atoms with van der Waals surface area (Å²) in [5.74, 6) is -1.13. The SMILES string of the molecule is COc1c(Br)cc(C2(N)CCCCC2)c(O)c1F. The molecule has 0 atom stereocenters. The van der Waals surface area contributed by atoms with Crippen LogP contribution in [0.25, 0.3) is 0 Å². The van der Waals surface area contributed by atoms with Gasteiger partial charge in [-0.15, -0.1) is 0 Å². The van der Waals surface area contributed by atoms with E-state index in [1.165, 1.54) is 7.11 Å². The molecule has 1 aromatic carbocycles. The number of phenolic OH excluding ortho intramolecular Hbond substituents is 1. The van der Waals surface area contributed by atoms with Gasteiger partial charge in [-0.2, -0.15) is 4.39 Å². The van der Waals surface area contributed by atoms with Crippen molar-refractivity contribution in [2.75, 3.05) is 7.11 Å². The molecule has 1 aromatic rings. The zero-order chi connectivity index (χ0) is 13.3. The first-order chi connectivity index (χ1) is 8.49. The third kappa shape index (κ3) is 2.21. The first-order valence-electron chi connectivity index (χ1n) is 6.04. The highest BCUT2D eigenvalue weighted by molar-refractivity contribution is 9.10. The van der Waals surface area contributed by atoms with Crippen molar-refractivity contribution in [2.24, 2.45) is 5.73 Å². The molecular formula is C13H17BrFNO2. The molecule has 0 bridgehead atoms. The maximum Gasteiger partial charge on any atom is 0.208 e. The Balaban J connectivity index is 2.51. The van der Waals surface area contributed by atoms with Gasteiger partial charge in [0.2, 0.25) is 5.82 Å². The quantitative estimate of drug-likeness (QED) is 0.878. The molecule has 18 heavy (non-hydrogen) atoms. The molecular weight excluding hydrogens is 301 g/mol. The summed E-state index contributed by atoms with van der Waals surface area (Å²) < 4.78 is 19.4. The maximum absolute atomic E-state index is 14.0. The van der Waals surface area contributed by atoms with Gasteiger partial charge >= 0.3 is 0 Å². The number of aromatic hydroxyl groups is 1. The molecule has 2 rings (SSSR count). The van der Waals surface area contributed by atoms with Crippen molar-refractivity contribution in [1.82, 2.24) is 0 Å². The topological polar surface area (TPSA) is 55.5 Å². The predicted octanol–water partition coefficient (Wildman–Crippen LogP) is 3.42. The first-order valence-corrected chi connectivity index (χ1v) is 6.83. The van der Waals surface area contributed by atoms with E-state index in [1.807, 2.05) is 0 Å². The van der Waals surface area contributed by atoms with Crippen LogP contribution in [-0.4, -0.2) is 12.2 Å². The Bertz CT molecular complexity index is 459. The van der Waals surface area contributed by atoms with Gasteiger partial charge < -0.3 is 15.6 Å². The van der Waals surface area contributed by atoms with E-state index in [0.29, 0.717) is 10.0 Å². The lowest BCUT2D eigenvalue weighted by atomic mass is 9.77. The first kappa shape index (κ1) is 13.6. The van der Waals surface area contributed by atoms with Gasteiger partial charge in [0, 0.05) is 11.1 Å². The summed E-state index contributed by atoms with van der Waals surface area (Å²) >= 11 is 3.25. The minimum Gasteiger partial charge on any atom is -0.504 e. The highest BCUT2D eigenvalue weighted by Gasteiger charge is 2.34. The second-order valence-electron chi connectivity index (χ2n) is 4.82. The molecule has 3 nitrogen and oxygen atoms in total. The Morgan fingerprint density at radius 2 is 2.00 bits per heavy atom. The van der Waals surface area contributed by atoms with Crippen LogP contribution >= 0.6 is 15.9 Å². The Hall–Kier alpha value is -0.810. The second-order valence-corrected chi connectivity index (χ2v) is 5.67. The molecule has 0 unspecified atom stereocenters. The molecule has 0 saturated heterocycles. The van der Waals surface area contributed by atoms with E-state index in [-0.39, 0.29) is 11.5 Å². The molecule has 3 N–H and O–H groups in total. The van der Waals surface area contributed by atoms with Crippen molar-refractivity contribution < 1.29 is 14.2 Å². The van der Waals surface area contributed by atoms with E-state index >= 15 is 0 Å². The largest absolute Gasteiger partial charge is 0.504 e. The van der Waals surface area contributed by atoms with E-state index in [1.54, 1.807) is 6.07 Å². The number of rotatable bonds is 2. The van der Waals surface area contributed by atoms with Gasteiger partial charge in [-0.3, -0.25) is 0 Å². The number of hydrogen-bond acceptors (Lipinski definition) is 3. The van der Waals surface area contributed by atoms with E-state index in [4.69, 9.17) is 10.5 Å². The number of nitrogens with two attached hydrogens (primary N) is 1. The molecule has 1 saturated carbocycles. The van der Waals surface area contributed by atoms with Crippen molar-refractivity contribution in [3.63, 3.8) is 0 Å². The molecule has 0 aliphatic heterocycles. The van der Waals surface area contributed by atoms with E-state index < -0.39 is 11.4 Å². The third-order valence-corrected chi connectivity index (χ3v) is 4.23. The molecule has 1 fully saturated rings. The molecule has 5 heteroatoms. The minimum atomic E-state index is -0.753. The summed E-state index contributed by atoms with van der Waals surface area (Å²) in [6, 6.07) is 1.67. The number of methoxy groups -OCH3 is 1. The molecule has 1 aliphatic carbocycles. The lowest BCUT2D eigenvalue weighted by molar-refractivity contribution is 0.284. The number of ether oxygens (including phenoxy) is 1. The predicted molar refractivity (Wildman–Crippen MR) is 71.3 cm³/mol. The Morgan fingerprint density at radius 1 is 1.39 bits per heavy atom. The van der Waals surface area contributed by atoms with Crippen molar-refractivity contribution in [3.8, 4) is 11.5 Å². The van der Waals surface area contributed by atoms with Crippen LogP contribution in [-0.2, 0) is 5.54 Å². The highest BCUT2D eigenvalue weighted by atomic mass is 79.9. The molecule has 0 aromatic heterocycles. The van der Waals surface area contributed by atoms with E-state index in [2.05, 4.69) is 15.9 Å². The van der Waals surface area contributed by atoms with Crippen LogP contribution in [0.2, 0.25) is 0 Å². The van der Waals surface area contributed by atoms with E-state index in [0.717, 1.165) is 32.1 Å². The van der Waals surface area contributed by atoms with Gasteiger partial charge in [0.15, 0.2) is 11.5 Å². The van der Waals surface area contributed by atoms with Crippen molar-refractivity contribution in [1.29, 1.82) is 0 Å². The van der Waals surface area contributed by atoms with Gasteiger partial charge in [-0.1, -0.05) is 19.3 Å². The lowest BCUT2D eigenvalue weighted by Crippen LogP contribution is -2.38. The van der Waals surface area contributed by atoms with Gasteiger partial charge in [0.1, 0.15) is 0 Å². The van der Waals surface area contributed by atoms with Crippen molar-refractivity contribution in [2.45, 2.75) is 37.6 Å². The van der Waals surface area contributed by atoms with Crippen LogP contribution in [0.3, 0.4) is 0 Å². The average Bonchev–Trinajstić information content (AvgIpc) is 2.35. The summed E-state index contributed by atoms with van der Waals surface area (Å²) in [7, 11) is 1.36. The summed E-state index contributed by atoms with van der Waals surface area (Å²) in [6.45, 7) is 0. The zero-order valence-corrected chi connectivity index (χ0v) is 11.9. The van der Waals surface area contributed by atoms with Crippen molar-refractivity contribution in [3.05, 3.63) is 21.9 Å². The molecule has 1 aliphatic rings. The number of hydrogen-bond donors (Lipinski definition) is 2. The molecule has 0 radical (unpaired) electrons. The molecule has 100 valence electrons. The smallest absolute Gasteiger partial charge is 0.208 e. The normalized spacial score (nSPS) is 18.7. The lowest BCUT2D eigenvalue weighted by Gasteiger charge is -2.34. The van der Waals surface area contributed by atoms with Gasteiger partial charge in [-0.05, 0) is 34.8 Å². The van der Waals surface area contributed by atoms with Gasteiger partial charge in [0.25, 0.3) is 0 Å². The number of halogens is 2. The van der Waals surface area contributed by atoms with Crippen LogP contribution in [0.15, 0.2) is 10.5 Å². The summed E-state index contributed by atoms with van der Waals surface area (Å²) in [5.41, 5.74) is 6.15. The summed E-state index contributed by atoms with van der Waals surface area (Å²) in [5, 5.41) is 10.00. The third-order valence-electron chi connectivity index (χ3n) is 3.64. The Kier molecular flexibility index (Phi) is 3.82. The molecule has 0 heterocycles. The van der Waals surface area contributed by atoms with Crippen LogP contribution in [0, 0.1) is 5.82 Å². The highest BCUT2D eigenvalue weighted by Crippen LogP contribution is 2.44. The fourth-order valence-electron chi connectivity index (χ4n) is 2.61. The second kappa shape index (κ2) is 5.05. The Morgan fingerprint density at radius 3 is 2.56 bits per heavy atom. The Labute approximate surface area is 114 Å². The van der Waals surface area contributed by atoms with Gasteiger partial charge in [0.05, 0.1) is 11.6 Å². The van der Waals surface area contributed by atoms with Crippen LogP contribution in [0.5, 0.6) is 11.5 Å². The summed E-state index contributed by atoms with van der Waals surface area (Å²) in [4.78, 5) is 0. The van der Waals surface area contributed by atoms with E-state index in [9.17, 15) is 9.50 Å². The fraction of sp³-hybridized carbons (Fsp3) is 0.538. The fourth-order valence-corrected chi connectivity index (χ4v) is 3.17. The van der Waals surface area contributed by atoms with Crippen LogP contribution in [0.1, 0.15) is 37.7 Å². The minimum absolute atomic E-state index is 0.00987. The standard InChI is InChI=1S/C13H17BrFNO2/c1-18-12-9(14)7-8(11(17)10(12)15)13(16)5-3-2-4-6-13/h7,17H,2-6,16H2,1H3. The van der Waals surface area contributed by atoms with Crippen LogP contribution < -0.4 is 10.5 Å². The van der Waals surface area contributed by atoms with Crippen LogP contribution in [0.4, 0.5) is 4.39 Å². The number of benzene rings is 1. The monoisotopic (exact) mass is 317 g/mol. The molecule has 0 spiro atoms. The zero-order valence-electron chi connectivity index (χ0n) is 10.3. The number of phenols is 1. The summed E-state index contributed by atoms with van der Waals surface area (Å²) in [6.07, 6.45) is 4.67. The van der Waals surface area contributed by atoms with Gasteiger partial charge in [-0.25, -0.2) is 0 Å². The average molecular weight is 318 g/mol. The van der Waals surface area contributed by atoms with Crippen molar-refractivity contribution >= 4 is 15.9 Å². The maximum atomic E-state index is 14.0. The molecule has 0 amide bonds.